The van der Waals surface area contributed by atoms with Gasteiger partial charge in [-0.05, 0) is 37.1 Å². The minimum atomic E-state index is -0.561. The van der Waals surface area contributed by atoms with Crippen molar-refractivity contribution in [2.75, 3.05) is 5.32 Å². The molecule has 3 aromatic rings. The van der Waals surface area contributed by atoms with Crippen molar-refractivity contribution in [2.24, 2.45) is 0 Å². The quantitative estimate of drug-likeness (QED) is 0.736. The van der Waals surface area contributed by atoms with E-state index in [4.69, 9.17) is 9.47 Å². The van der Waals surface area contributed by atoms with Crippen LogP contribution in [0, 0.1) is 5.82 Å². The van der Waals surface area contributed by atoms with Crippen LogP contribution < -0.4 is 20.3 Å². The molecule has 0 bridgehead atoms. The monoisotopic (exact) mass is 395 g/mol. The zero-order chi connectivity index (χ0) is 20.0. The maximum atomic E-state index is 13.3. The second-order valence-electron chi connectivity index (χ2n) is 7.37. The van der Waals surface area contributed by atoms with Crippen molar-refractivity contribution in [1.29, 1.82) is 0 Å². The van der Waals surface area contributed by atoms with Crippen molar-refractivity contribution >= 4 is 22.5 Å². The molecular weight excluding hydrogens is 377 g/mol. The molecule has 0 saturated heterocycles. The highest BCUT2D eigenvalue weighted by atomic mass is 19.1. The van der Waals surface area contributed by atoms with E-state index in [0.29, 0.717) is 17.2 Å². The Morgan fingerprint density at radius 2 is 1.93 bits per heavy atom. The average Bonchev–Trinajstić information content (AvgIpc) is 3.29. The first-order chi connectivity index (χ1) is 14.0. The molecule has 0 unspecified atom stereocenters. The maximum Gasteiger partial charge on any atom is 0.261 e. The van der Waals surface area contributed by atoms with E-state index in [1.165, 1.54) is 29.1 Å². The Morgan fingerprint density at radius 3 is 2.76 bits per heavy atom. The first-order valence-corrected chi connectivity index (χ1v) is 9.48. The van der Waals surface area contributed by atoms with E-state index >= 15 is 0 Å². The van der Waals surface area contributed by atoms with Gasteiger partial charge in [0.15, 0.2) is 11.5 Å². The second-order valence-corrected chi connectivity index (χ2v) is 7.37. The minimum Gasteiger partial charge on any atom is -0.448 e. The molecule has 1 saturated carbocycles. The Hall–Kier alpha value is -3.42. The summed E-state index contributed by atoms with van der Waals surface area (Å²) >= 11 is 0. The van der Waals surface area contributed by atoms with E-state index in [9.17, 15) is 14.0 Å². The van der Waals surface area contributed by atoms with Crippen LogP contribution in [-0.4, -0.2) is 21.2 Å². The predicted octanol–water partition coefficient (Wildman–Crippen LogP) is 3.22. The number of amides is 1. The Morgan fingerprint density at radius 1 is 1.14 bits per heavy atom. The SMILES string of the molecule is O=C(Cn1cnc2cc(F)ccc2c1=O)Nc1ccc2c(c1)OC1(CCCC1)O2. The smallest absolute Gasteiger partial charge is 0.261 e. The van der Waals surface area contributed by atoms with Crippen molar-refractivity contribution in [3.63, 3.8) is 0 Å². The number of carbonyl (C=O) groups is 1. The normalized spacial score (nSPS) is 16.4. The van der Waals surface area contributed by atoms with Crippen molar-refractivity contribution in [1.82, 2.24) is 9.55 Å². The molecule has 7 nitrogen and oxygen atoms in total. The minimum absolute atomic E-state index is 0.211. The summed E-state index contributed by atoms with van der Waals surface area (Å²) in [6.45, 7) is -0.211. The zero-order valence-electron chi connectivity index (χ0n) is 15.5. The van der Waals surface area contributed by atoms with Crippen LogP contribution in [0.1, 0.15) is 25.7 Å². The average molecular weight is 395 g/mol. The van der Waals surface area contributed by atoms with Gasteiger partial charge in [0.2, 0.25) is 5.91 Å². The number of hydrogen-bond acceptors (Lipinski definition) is 5. The van der Waals surface area contributed by atoms with Crippen LogP contribution >= 0.6 is 0 Å². The van der Waals surface area contributed by atoms with Gasteiger partial charge in [-0.2, -0.15) is 0 Å². The molecule has 1 aliphatic heterocycles. The highest BCUT2D eigenvalue weighted by Gasteiger charge is 2.44. The Bertz CT molecular complexity index is 1180. The molecule has 0 atom stereocenters. The third-order valence-corrected chi connectivity index (χ3v) is 5.29. The summed E-state index contributed by atoms with van der Waals surface area (Å²) in [6.07, 6.45) is 5.08. The van der Waals surface area contributed by atoms with Crippen LogP contribution in [-0.2, 0) is 11.3 Å². The first kappa shape index (κ1) is 17.7. The van der Waals surface area contributed by atoms with Gasteiger partial charge in [-0.15, -0.1) is 0 Å². The molecule has 1 fully saturated rings. The van der Waals surface area contributed by atoms with E-state index in [1.54, 1.807) is 18.2 Å². The van der Waals surface area contributed by atoms with Gasteiger partial charge in [0, 0.05) is 30.7 Å². The first-order valence-electron chi connectivity index (χ1n) is 9.48. The Labute approximate surface area is 165 Å². The van der Waals surface area contributed by atoms with Gasteiger partial charge in [0.25, 0.3) is 11.3 Å². The fraction of sp³-hybridized carbons (Fsp3) is 0.286. The van der Waals surface area contributed by atoms with E-state index in [-0.39, 0.29) is 23.4 Å². The molecule has 1 spiro atoms. The van der Waals surface area contributed by atoms with Gasteiger partial charge in [0.05, 0.1) is 17.2 Å². The second kappa shape index (κ2) is 6.58. The summed E-state index contributed by atoms with van der Waals surface area (Å²) in [6, 6.07) is 8.98. The Kier molecular flexibility index (Phi) is 4.01. The van der Waals surface area contributed by atoms with Gasteiger partial charge in [-0.1, -0.05) is 0 Å². The van der Waals surface area contributed by atoms with E-state index < -0.39 is 17.2 Å². The number of ether oxygens (including phenoxy) is 2. The summed E-state index contributed by atoms with van der Waals surface area (Å²) in [5.41, 5.74) is 0.401. The number of aromatic nitrogens is 2. The fourth-order valence-corrected chi connectivity index (χ4v) is 3.89. The van der Waals surface area contributed by atoms with Gasteiger partial charge in [-0.25, -0.2) is 9.37 Å². The highest BCUT2D eigenvalue weighted by molar-refractivity contribution is 5.91. The largest absolute Gasteiger partial charge is 0.448 e. The number of nitrogens with zero attached hydrogens (tertiary/aromatic N) is 2. The van der Waals surface area contributed by atoms with Crippen LogP contribution in [0.2, 0.25) is 0 Å². The number of fused-ring (bicyclic) bond motifs is 2. The third-order valence-electron chi connectivity index (χ3n) is 5.29. The lowest BCUT2D eigenvalue weighted by Gasteiger charge is -2.21. The van der Waals surface area contributed by atoms with Crippen molar-refractivity contribution < 1.29 is 18.7 Å². The van der Waals surface area contributed by atoms with Gasteiger partial charge < -0.3 is 14.8 Å². The molecule has 29 heavy (non-hydrogen) atoms. The molecule has 1 aliphatic carbocycles. The van der Waals surface area contributed by atoms with Gasteiger partial charge >= 0.3 is 0 Å². The fourth-order valence-electron chi connectivity index (χ4n) is 3.89. The molecule has 2 aromatic carbocycles. The molecule has 1 aromatic heterocycles. The van der Waals surface area contributed by atoms with Gasteiger partial charge in [0.1, 0.15) is 12.4 Å². The van der Waals surface area contributed by atoms with Crippen LogP contribution in [0.5, 0.6) is 11.5 Å². The number of benzene rings is 2. The van der Waals surface area contributed by atoms with Crippen LogP contribution in [0.4, 0.5) is 10.1 Å². The van der Waals surface area contributed by atoms with E-state index in [1.807, 2.05) is 0 Å². The lowest BCUT2D eigenvalue weighted by Crippen LogP contribution is -2.34. The summed E-state index contributed by atoms with van der Waals surface area (Å²) in [7, 11) is 0. The maximum absolute atomic E-state index is 13.3. The highest BCUT2D eigenvalue weighted by Crippen LogP contribution is 2.47. The molecule has 1 amide bonds. The number of nitrogens with one attached hydrogen (secondary N) is 1. The number of anilines is 1. The number of hydrogen-bond donors (Lipinski definition) is 1. The molecule has 2 heterocycles. The summed E-state index contributed by atoms with van der Waals surface area (Å²) < 4.78 is 26.4. The lowest BCUT2D eigenvalue weighted by molar-refractivity contribution is -0.116. The summed E-state index contributed by atoms with van der Waals surface area (Å²) in [4.78, 5) is 29.0. The number of carbonyl (C=O) groups excluding carboxylic acids is 1. The number of halogens is 1. The Balaban J connectivity index is 1.32. The van der Waals surface area contributed by atoms with Crippen molar-refractivity contribution in [2.45, 2.75) is 38.0 Å². The number of rotatable bonds is 3. The van der Waals surface area contributed by atoms with Crippen molar-refractivity contribution in [3.8, 4) is 11.5 Å². The molecule has 5 rings (SSSR count). The zero-order valence-corrected chi connectivity index (χ0v) is 15.5. The predicted molar refractivity (Wildman–Crippen MR) is 103 cm³/mol. The summed E-state index contributed by atoms with van der Waals surface area (Å²) in [5.74, 6) is -0.135. The lowest BCUT2D eigenvalue weighted by atomic mass is 10.2. The van der Waals surface area contributed by atoms with E-state index in [0.717, 1.165) is 25.7 Å². The van der Waals surface area contributed by atoms with Crippen LogP contribution in [0.3, 0.4) is 0 Å². The molecule has 0 radical (unpaired) electrons. The molecule has 8 heteroatoms. The molecule has 2 aliphatic rings. The van der Waals surface area contributed by atoms with Crippen LogP contribution in [0.25, 0.3) is 10.9 Å². The third kappa shape index (κ3) is 3.20. The van der Waals surface area contributed by atoms with Gasteiger partial charge in [-0.3, -0.25) is 14.2 Å². The molecule has 1 N–H and O–H groups in total. The molecule has 148 valence electrons. The van der Waals surface area contributed by atoms with Crippen LogP contribution in [0.15, 0.2) is 47.5 Å². The topological polar surface area (TPSA) is 82.5 Å². The molecular formula is C21H18FN3O4. The van der Waals surface area contributed by atoms with E-state index in [2.05, 4.69) is 10.3 Å². The standard InChI is InChI=1S/C21H18FN3O4/c22-13-3-5-15-16(9-13)23-12-25(20(15)27)11-19(26)24-14-4-6-17-18(10-14)29-21(28-17)7-1-2-8-21/h3-6,9-10,12H,1-2,7-8,11H2,(H,24,26). The summed E-state index contributed by atoms with van der Waals surface area (Å²) in [5, 5.41) is 3.02. The van der Waals surface area contributed by atoms with Crippen molar-refractivity contribution in [3.05, 3.63) is 58.9 Å².